The first kappa shape index (κ1) is 33.6. The van der Waals surface area contributed by atoms with E-state index in [1.54, 1.807) is 13.8 Å². The highest BCUT2D eigenvalue weighted by Crippen LogP contribution is 2.67. The quantitative estimate of drug-likeness (QED) is 0.290. The molecule has 3 fully saturated rings. The van der Waals surface area contributed by atoms with Gasteiger partial charge in [0.1, 0.15) is 30.2 Å². The maximum absolute atomic E-state index is 13.9. The standard InChI is InChI=1S/C35H52O9/c1-18(14-21(36)16-32(2,3)42)26-28(39)30(41)35(7)23-10-9-22-19(15-20(23)12-13-34(26,35)6)8-11-25(33(22,4)5)44-31-29(40)27(38)24(37)17-43-31/h9,12,15,18,23-27,29-31,37-38,40-42H,8,10-11,13-14,16-17H2,1-7H3/t18-,23-,24+,25+,26+,27+,29-,30+,31+,34-,35-/m1/s1. The molecule has 5 aliphatic rings. The Morgan fingerprint density at radius 3 is 2.45 bits per heavy atom. The highest BCUT2D eigenvalue weighted by atomic mass is 16.7. The number of rotatable bonds is 7. The minimum atomic E-state index is -1.36. The normalized spacial score (nSPS) is 42.6. The molecule has 1 saturated heterocycles. The zero-order valence-corrected chi connectivity index (χ0v) is 27.2. The Labute approximate surface area is 261 Å². The summed E-state index contributed by atoms with van der Waals surface area (Å²) in [6.45, 7) is 13.4. The molecule has 246 valence electrons. The molecule has 0 radical (unpaired) electrons. The Bertz CT molecular complexity index is 1260. The minimum absolute atomic E-state index is 0.0253. The van der Waals surface area contributed by atoms with Crippen LogP contribution in [0.2, 0.25) is 0 Å². The van der Waals surface area contributed by atoms with Crippen LogP contribution in [0.1, 0.15) is 87.0 Å². The van der Waals surface area contributed by atoms with Crippen LogP contribution >= 0.6 is 0 Å². The minimum Gasteiger partial charge on any atom is -0.390 e. The molecule has 0 spiro atoms. The predicted octanol–water partition coefficient (Wildman–Crippen LogP) is 3.16. The molecule has 0 amide bonds. The number of ketones is 2. The molecular weight excluding hydrogens is 564 g/mol. The van der Waals surface area contributed by atoms with Crippen molar-refractivity contribution in [1.29, 1.82) is 0 Å². The summed E-state index contributed by atoms with van der Waals surface area (Å²) in [5.41, 5.74) is 0.570. The number of ether oxygens (including phenoxy) is 2. The Hall–Kier alpha value is -1.72. The van der Waals surface area contributed by atoms with E-state index in [2.05, 4.69) is 39.0 Å². The van der Waals surface area contributed by atoms with Crippen LogP contribution in [0.25, 0.3) is 0 Å². The Morgan fingerprint density at radius 2 is 1.80 bits per heavy atom. The van der Waals surface area contributed by atoms with Crippen molar-refractivity contribution in [3.05, 3.63) is 34.9 Å². The lowest BCUT2D eigenvalue weighted by Gasteiger charge is -2.53. The zero-order valence-electron chi connectivity index (χ0n) is 27.2. The number of allylic oxidation sites excluding steroid dienone is 5. The third kappa shape index (κ3) is 5.40. The molecular formula is C35H52O9. The summed E-state index contributed by atoms with van der Waals surface area (Å²) in [5, 5.41) is 52.4. The lowest BCUT2D eigenvalue weighted by molar-refractivity contribution is -0.291. The van der Waals surface area contributed by atoms with E-state index in [0.717, 1.165) is 17.6 Å². The maximum atomic E-state index is 13.9. The van der Waals surface area contributed by atoms with Crippen molar-refractivity contribution < 1.29 is 44.6 Å². The van der Waals surface area contributed by atoms with Crippen LogP contribution < -0.4 is 0 Å². The highest BCUT2D eigenvalue weighted by Gasteiger charge is 2.68. The second-order valence-electron chi connectivity index (χ2n) is 15.8. The monoisotopic (exact) mass is 616 g/mol. The fourth-order valence-corrected chi connectivity index (χ4v) is 9.31. The molecule has 11 atom stereocenters. The molecule has 0 bridgehead atoms. The summed E-state index contributed by atoms with van der Waals surface area (Å²) in [6, 6.07) is 0. The summed E-state index contributed by atoms with van der Waals surface area (Å²) in [7, 11) is 0. The van der Waals surface area contributed by atoms with Gasteiger partial charge in [0.2, 0.25) is 0 Å². The van der Waals surface area contributed by atoms with Crippen LogP contribution in [-0.2, 0) is 19.1 Å². The summed E-state index contributed by atoms with van der Waals surface area (Å²) < 4.78 is 11.8. The predicted molar refractivity (Wildman–Crippen MR) is 163 cm³/mol. The van der Waals surface area contributed by atoms with Crippen molar-refractivity contribution in [2.75, 3.05) is 6.61 Å². The Kier molecular flexibility index (Phi) is 8.80. The maximum Gasteiger partial charge on any atom is 0.186 e. The van der Waals surface area contributed by atoms with Gasteiger partial charge in [0.15, 0.2) is 12.1 Å². The molecule has 1 aliphatic heterocycles. The van der Waals surface area contributed by atoms with Crippen LogP contribution in [0.15, 0.2) is 34.9 Å². The number of hydrogen-bond acceptors (Lipinski definition) is 9. The molecule has 0 aromatic carbocycles. The molecule has 0 aromatic rings. The largest absolute Gasteiger partial charge is 0.390 e. The molecule has 4 aliphatic carbocycles. The SMILES string of the molecule is C[C@H](CC(=O)CC(C)(C)O)[C@H]1C(=O)[C@H](O)[C@@]2(C)[C@@H]3CC=C4C(=CC3=CC[C@]12C)CC[C@H](O[C@@H]1OC[C@H](O)[C@H](O)[C@H]1O)C4(C)C. The molecule has 9 nitrogen and oxygen atoms in total. The number of Topliss-reactive ketones (excluding diaryl/α,β-unsaturated/α-hetero) is 2. The average Bonchev–Trinajstić information content (AvgIpc) is 3.03. The van der Waals surface area contributed by atoms with Gasteiger partial charge in [-0.3, -0.25) is 9.59 Å². The average molecular weight is 617 g/mol. The molecule has 9 heteroatoms. The fraction of sp³-hybridized carbons (Fsp3) is 0.771. The topological polar surface area (TPSA) is 154 Å². The van der Waals surface area contributed by atoms with E-state index in [1.807, 2.05) is 13.8 Å². The second kappa shape index (κ2) is 11.5. The van der Waals surface area contributed by atoms with E-state index < -0.39 is 58.5 Å². The van der Waals surface area contributed by atoms with Crippen LogP contribution in [-0.4, -0.2) is 86.1 Å². The van der Waals surface area contributed by atoms with E-state index in [4.69, 9.17) is 9.47 Å². The first-order chi connectivity index (χ1) is 20.3. The molecule has 5 rings (SSSR count). The van der Waals surface area contributed by atoms with E-state index in [0.29, 0.717) is 19.3 Å². The fourth-order valence-electron chi connectivity index (χ4n) is 9.31. The number of aliphatic hydroxyl groups excluding tert-OH is 4. The van der Waals surface area contributed by atoms with Gasteiger partial charge in [-0.1, -0.05) is 52.8 Å². The molecule has 44 heavy (non-hydrogen) atoms. The van der Waals surface area contributed by atoms with Crippen LogP contribution in [0, 0.1) is 34.0 Å². The van der Waals surface area contributed by atoms with Crippen molar-refractivity contribution in [2.45, 2.75) is 129 Å². The lowest BCUT2D eigenvalue weighted by Crippen LogP contribution is -2.55. The Morgan fingerprint density at radius 1 is 1.11 bits per heavy atom. The second-order valence-corrected chi connectivity index (χ2v) is 15.8. The molecule has 0 unspecified atom stereocenters. The number of fused-ring (bicyclic) bond motifs is 4. The summed E-state index contributed by atoms with van der Waals surface area (Å²) in [5.74, 6) is -1.14. The smallest absolute Gasteiger partial charge is 0.186 e. The summed E-state index contributed by atoms with van der Waals surface area (Å²) in [6.07, 6.45) is 3.15. The van der Waals surface area contributed by atoms with Gasteiger partial charge < -0.3 is 35.0 Å². The van der Waals surface area contributed by atoms with E-state index >= 15 is 0 Å². The van der Waals surface area contributed by atoms with Gasteiger partial charge in [0.05, 0.1) is 18.3 Å². The Balaban J connectivity index is 1.41. The number of carbonyl (C=O) groups excluding carboxylic acids is 2. The van der Waals surface area contributed by atoms with Crippen molar-refractivity contribution in [2.24, 2.45) is 34.0 Å². The van der Waals surface area contributed by atoms with E-state index in [1.165, 1.54) is 5.57 Å². The first-order valence-corrected chi connectivity index (χ1v) is 16.2. The van der Waals surface area contributed by atoms with Crippen molar-refractivity contribution in [1.82, 2.24) is 0 Å². The molecule has 1 heterocycles. The molecule has 5 N–H and O–H groups in total. The van der Waals surface area contributed by atoms with Crippen molar-refractivity contribution >= 4 is 11.6 Å². The van der Waals surface area contributed by atoms with Gasteiger partial charge in [-0.05, 0) is 73.5 Å². The van der Waals surface area contributed by atoms with Crippen molar-refractivity contribution in [3.8, 4) is 0 Å². The highest BCUT2D eigenvalue weighted by molar-refractivity contribution is 5.91. The molecule has 0 aromatic heterocycles. The zero-order chi connectivity index (χ0) is 32.6. The number of carbonyl (C=O) groups is 2. The van der Waals surface area contributed by atoms with Gasteiger partial charge in [0, 0.05) is 29.6 Å². The summed E-state index contributed by atoms with van der Waals surface area (Å²) in [4.78, 5) is 26.7. The van der Waals surface area contributed by atoms with Gasteiger partial charge in [-0.15, -0.1) is 0 Å². The van der Waals surface area contributed by atoms with Gasteiger partial charge in [0.25, 0.3) is 0 Å². The number of aliphatic hydroxyl groups is 5. The lowest BCUT2D eigenvalue weighted by atomic mass is 9.50. The third-order valence-electron chi connectivity index (χ3n) is 11.9. The third-order valence-corrected chi connectivity index (χ3v) is 11.9. The van der Waals surface area contributed by atoms with E-state index in [9.17, 15) is 35.1 Å². The molecule has 2 saturated carbocycles. The number of hydrogen-bond donors (Lipinski definition) is 5. The van der Waals surface area contributed by atoms with Crippen LogP contribution in [0.3, 0.4) is 0 Å². The van der Waals surface area contributed by atoms with Gasteiger partial charge in [-0.2, -0.15) is 0 Å². The van der Waals surface area contributed by atoms with Gasteiger partial charge >= 0.3 is 0 Å². The van der Waals surface area contributed by atoms with Crippen LogP contribution in [0.4, 0.5) is 0 Å². The van der Waals surface area contributed by atoms with Crippen LogP contribution in [0.5, 0.6) is 0 Å². The first-order valence-electron chi connectivity index (χ1n) is 16.2. The van der Waals surface area contributed by atoms with Gasteiger partial charge in [-0.25, -0.2) is 0 Å². The summed E-state index contributed by atoms with van der Waals surface area (Å²) >= 11 is 0. The van der Waals surface area contributed by atoms with E-state index in [-0.39, 0.29) is 49.0 Å². The van der Waals surface area contributed by atoms with Crippen molar-refractivity contribution in [3.63, 3.8) is 0 Å².